The van der Waals surface area contributed by atoms with Gasteiger partial charge in [-0.15, -0.1) is 0 Å². The molecule has 0 fully saturated rings. The average Bonchev–Trinajstić information content (AvgIpc) is 2.25. The van der Waals surface area contributed by atoms with Crippen LogP contribution < -0.4 is 15.2 Å². The zero-order valence-corrected chi connectivity index (χ0v) is 11.1. The van der Waals surface area contributed by atoms with Gasteiger partial charge in [-0.2, -0.15) is 0 Å². The number of hydrogen-bond acceptors (Lipinski definition) is 4. The van der Waals surface area contributed by atoms with Crippen LogP contribution in [0.15, 0.2) is 12.1 Å². The van der Waals surface area contributed by atoms with Crippen LogP contribution in [0.1, 0.15) is 32.4 Å². The Kier molecular flexibility index (Phi) is 3.88. The van der Waals surface area contributed by atoms with Gasteiger partial charge in [-0.25, -0.2) is 0 Å². The van der Waals surface area contributed by atoms with E-state index in [4.69, 9.17) is 15.2 Å². The molecule has 0 radical (unpaired) electrons. The van der Waals surface area contributed by atoms with Crippen molar-refractivity contribution in [1.29, 1.82) is 0 Å². The molecule has 3 N–H and O–H groups in total. The van der Waals surface area contributed by atoms with E-state index >= 15 is 0 Å². The topological polar surface area (TPSA) is 64.7 Å². The third-order valence-electron chi connectivity index (χ3n) is 2.77. The van der Waals surface area contributed by atoms with E-state index in [1.165, 1.54) is 0 Å². The number of benzene rings is 1. The van der Waals surface area contributed by atoms with Gasteiger partial charge in [-0.3, -0.25) is 0 Å². The molecule has 0 bridgehead atoms. The van der Waals surface area contributed by atoms with Crippen molar-refractivity contribution in [2.45, 2.75) is 26.8 Å². The van der Waals surface area contributed by atoms with Gasteiger partial charge in [0.15, 0.2) is 0 Å². The van der Waals surface area contributed by atoms with Gasteiger partial charge in [0.05, 0.1) is 19.8 Å². The highest BCUT2D eigenvalue weighted by molar-refractivity contribution is 5.52. The molecule has 0 aliphatic heterocycles. The summed E-state index contributed by atoms with van der Waals surface area (Å²) < 4.78 is 10.5. The van der Waals surface area contributed by atoms with Crippen molar-refractivity contribution in [1.82, 2.24) is 0 Å². The minimum Gasteiger partial charge on any atom is -0.508 e. The Morgan fingerprint density at radius 1 is 1.12 bits per heavy atom. The van der Waals surface area contributed by atoms with Crippen LogP contribution >= 0.6 is 0 Å². The van der Waals surface area contributed by atoms with Crippen molar-refractivity contribution in [2.75, 3.05) is 14.2 Å². The minimum absolute atomic E-state index is 0.101. The Hall–Kier alpha value is -1.42. The minimum atomic E-state index is -0.243. The predicted octanol–water partition coefficient (Wildman–Crippen LogP) is 2.46. The molecule has 0 unspecified atom stereocenters. The number of aromatic hydroxyl groups is 1. The largest absolute Gasteiger partial charge is 0.508 e. The predicted molar refractivity (Wildman–Crippen MR) is 67.6 cm³/mol. The zero-order valence-electron chi connectivity index (χ0n) is 11.1. The smallest absolute Gasteiger partial charge is 0.131 e. The van der Waals surface area contributed by atoms with Gasteiger partial charge in [-0.1, -0.05) is 20.8 Å². The van der Waals surface area contributed by atoms with Crippen molar-refractivity contribution in [3.63, 3.8) is 0 Å². The summed E-state index contributed by atoms with van der Waals surface area (Å²) in [7, 11) is 3.10. The molecule has 4 nitrogen and oxygen atoms in total. The van der Waals surface area contributed by atoms with E-state index in [1.807, 2.05) is 20.8 Å². The van der Waals surface area contributed by atoms with E-state index in [1.54, 1.807) is 26.4 Å². The lowest BCUT2D eigenvalue weighted by Crippen LogP contribution is -2.27. The maximum Gasteiger partial charge on any atom is 0.131 e. The van der Waals surface area contributed by atoms with Crippen LogP contribution in [0.25, 0.3) is 0 Å². The molecule has 1 rings (SSSR count). The van der Waals surface area contributed by atoms with Crippen molar-refractivity contribution < 1.29 is 14.6 Å². The maximum atomic E-state index is 9.56. The second kappa shape index (κ2) is 4.84. The summed E-state index contributed by atoms with van der Waals surface area (Å²) in [4.78, 5) is 0. The van der Waals surface area contributed by atoms with Gasteiger partial charge < -0.3 is 20.3 Å². The lowest BCUT2D eigenvalue weighted by Gasteiger charge is -2.29. The molecule has 0 aliphatic carbocycles. The number of ether oxygens (including phenoxy) is 2. The van der Waals surface area contributed by atoms with Gasteiger partial charge in [0.25, 0.3) is 0 Å². The molecule has 4 heteroatoms. The molecule has 1 atom stereocenters. The molecular formula is C13H21NO3. The zero-order chi connectivity index (χ0) is 13.2. The van der Waals surface area contributed by atoms with E-state index in [0.717, 1.165) is 5.56 Å². The molecule has 0 amide bonds. The molecule has 0 saturated carbocycles. The first-order valence-corrected chi connectivity index (χ1v) is 5.51. The number of rotatable bonds is 3. The summed E-state index contributed by atoms with van der Waals surface area (Å²) in [6.07, 6.45) is 0. The molecule has 1 aromatic rings. The van der Waals surface area contributed by atoms with Gasteiger partial charge in [0, 0.05) is 18.2 Å². The molecule has 0 heterocycles. The fourth-order valence-electron chi connectivity index (χ4n) is 1.66. The van der Waals surface area contributed by atoms with Gasteiger partial charge in [-0.05, 0) is 5.41 Å². The summed E-state index contributed by atoms with van der Waals surface area (Å²) in [5.74, 6) is 1.19. The van der Waals surface area contributed by atoms with E-state index < -0.39 is 0 Å². The Labute approximate surface area is 102 Å². The molecule has 0 saturated heterocycles. The summed E-state index contributed by atoms with van der Waals surface area (Å²) in [5.41, 5.74) is 6.88. The Balaban J connectivity index is 3.38. The molecule has 96 valence electrons. The Morgan fingerprint density at radius 3 is 1.82 bits per heavy atom. The highest BCUT2D eigenvalue weighted by atomic mass is 16.5. The van der Waals surface area contributed by atoms with Gasteiger partial charge >= 0.3 is 0 Å². The van der Waals surface area contributed by atoms with Crippen LogP contribution in [0.5, 0.6) is 17.2 Å². The number of phenols is 1. The first-order valence-electron chi connectivity index (χ1n) is 5.51. The van der Waals surface area contributed by atoms with E-state index in [-0.39, 0.29) is 17.2 Å². The number of methoxy groups -OCH3 is 2. The summed E-state index contributed by atoms with van der Waals surface area (Å²) in [6.45, 7) is 6.14. The Bertz CT molecular complexity index is 371. The molecule has 0 aliphatic rings. The molecule has 17 heavy (non-hydrogen) atoms. The highest BCUT2D eigenvalue weighted by Crippen LogP contribution is 2.43. The van der Waals surface area contributed by atoms with Crippen LogP contribution in [-0.4, -0.2) is 19.3 Å². The molecular weight excluding hydrogens is 218 g/mol. The highest BCUT2D eigenvalue weighted by Gasteiger charge is 2.28. The van der Waals surface area contributed by atoms with Gasteiger partial charge in [0.1, 0.15) is 17.2 Å². The first-order chi connectivity index (χ1) is 7.81. The first kappa shape index (κ1) is 13.6. The quantitative estimate of drug-likeness (QED) is 0.850. The maximum absolute atomic E-state index is 9.56. The monoisotopic (exact) mass is 239 g/mol. The number of phenolic OH excluding ortho intramolecular Hbond substituents is 1. The van der Waals surface area contributed by atoms with Crippen LogP contribution in [0.4, 0.5) is 0 Å². The van der Waals surface area contributed by atoms with Crippen LogP contribution in [0.2, 0.25) is 0 Å². The van der Waals surface area contributed by atoms with Crippen LogP contribution in [0, 0.1) is 5.41 Å². The van der Waals surface area contributed by atoms with Crippen LogP contribution in [0.3, 0.4) is 0 Å². The second-order valence-corrected chi connectivity index (χ2v) is 5.11. The van der Waals surface area contributed by atoms with Crippen molar-refractivity contribution in [3.05, 3.63) is 17.7 Å². The molecule has 1 aromatic carbocycles. The SMILES string of the molecule is COc1cc(O)cc(OC)c1[C@H](N)C(C)(C)C. The molecule has 0 aromatic heterocycles. The van der Waals surface area contributed by atoms with Crippen LogP contribution in [-0.2, 0) is 0 Å². The summed E-state index contributed by atoms with van der Waals surface area (Å²) >= 11 is 0. The number of hydrogen-bond donors (Lipinski definition) is 2. The normalized spacial score (nSPS) is 13.3. The fourth-order valence-corrected chi connectivity index (χ4v) is 1.66. The van der Waals surface area contributed by atoms with E-state index in [0.29, 0.717) is 11.5 Å². The molecule has 0 spiro atoms. The van der Waals surface area contributed by atoms with E-state index in [9.17, 15) is 5.11 Å². The lowest BCUT2D eigenvalue weighted by atomic mass is 9.82. The third-order valence-corrected chi connectivity index (χ3v) is 2.77. The average molecular weight is 239 g/mol. The Morgan fingerprint density at radius 2 is 1.53 bits per heavy atom. The van der Waals surface area contributed by atoms with Crippen molar-refractivity contribution >= 4 is 0 Å². The van der Waals surface area contributed by atoms with Crippen molar-refractivity contribution in [2.24, 2.45) is 11.1 Å². The fraction of sp³-hybridized carbons (Fsp3) is 0.538. The number of nitrogens with two attached hydrogens (primary N) is 1. The summed E-state index contributed by atoms with van der Waals surface area (Å²) in [5, 5.41) is 9.56. The van der Waals surface area contributed by atoms with Crippen molar-refractivity contribution in [3.8, 4) is 17.2 Å². The lowest BCUT2D eigenvalue weighted by molar-refractivity contribution is 0.299. The third kappa shape index (κ3) is 2.82. The standard InChI is InChI=1S/C13H21NO3/c1-13(2,3)12(14)11-9(16-4)6-8(15)7-10(11)17-5/h6-7,12,15H,14H2,1-5H3/t12-/m0/s1. The van der Waals surface area contributed by atoms with Gasteiger partial charge in [0.2, 0.25) is 0 Å². The van der Waals surface area contributed by atoms with E-state index in [2.05, 4.69) is 0 Å². The second-order valence-electron chi connectivity index (χ2n) is 5.11. The summed E-state index contributed by atoms with van der Waals surface area (Å²) in [6, 6.07) is 2.85.